The van der Waals surface area contributed by atoms with E-state index in [4.69, 9.17) is 4.52 Å². The molecule has 148 valence electrons. The minimum Gasteiger partial charge on any atom is -0.480 e. The summed E-state index contributed by atoms with van der Waals surface area (Å²) >= 11 is 2.54. The van der Waals surface area contributed by atoms with Crippen molar-refractivity contribution in [2.75, 3.05) is 7.11 Å². The molecule has 0 spiro atoms. The fourth-order valence-electron chi connectivity index (χ4n) is 3.44. The highest BCUT2D eigenvalue weighted by Crippen LogP contribution is 2.64. The number of aliphatic carboxylic acids is 1. The molecule has 2 fully saturated rings. The number of carboxylic acids is 1. The first kappa shape index (κ1) is 20.3. The van der Waals surface area contributed by atoms with Crippen molar-refractivity contribution in [3.8, 4) is 0 Å². The van der Waals surface area contributed by atoms with E-state index < -0.39 is 53.2 Å². The summed E-state index contributed by atoms with van der Waals surface area (Å²) in [6.45, 7) is 3.44. The van der Waals surface area contributed by atoms with Crippen molar-refractivity contribution in [2.24, 2.45) is 0 Å². The van der Waals surface area contributed by atoms with Crippen molar-refractivity contribution in [1.29, 1.82) is 0 Å². The smallest absolute Gasteiger partial charge is 0.351 e. The van der Waals surface area contributed by atoms with Crippen LogP contribution in [0.15, 0.2) is 16.8 Å². The van der Waals surface area contributed by atoms with Gasteiger partial charge in [0.05, 0.1) is 0 Å². The van der Waals surface area contributed by atoms with Gasteiger partial charge in [0.2, 0.25) is 11.8 Å². The summed E-state index contributed by atoms with van der Waals surface area (Å²) < 4.78 is 16.3. The number of carbonyl (C=O) groups is 3. The first-order valence-electron chi connectivity index (χ1n) is 7.94. The molecule has 1 aromatic rings. The first-order chi connectivity index (χ1) is 12.5. The van der Waals surface area contributed by atoms with Gasteiger partial charge in [0, 0.05) is 11.9 Å². The predicted octanol–water partition coefficient (Wildman–Crippen LogP) is 1.25. The Bertz CT molecular complexity index is 828. The van der Waals surface area contributed by atoms with Gasteiger partial charge >= 0.3 is 13.6 Å². The Morgan fingerprint density at radius 3 is 2.63 bits per heavy atom. The molecule has 27 heavy (non-hydrogen) atoms. The van der Waals surface area contributed by atoms with Crippen LogP contribution in [0, 0.1) is 0 Å². The van der Waals surface area contributed by atoms with Gasteiger partial charge in [0.15, 0.2) is 5.92 Å². The van der Waals surface area contributed by atoms with E-state index in [0.29, 0.717) is 5.56 Å². The van der Waals surface area contributed by atoms with Crippen LogP contribution in [-0.2, 0) is 23.5 Å². The highest BCUT2D eigenvalue weighted by molar-refractivity contribution is 8.02. The summed E-state index contributed by atoms with van der Waals surface area (Å²) in [6, 6.07) is 0.589. The minimum atomic E-state index is -4.08. The summed E-state index contributed by atoms with van der Waals surface area (Å²) in [6.07, 6.45) is 0. The lowest BCUT2D eigenvalue weighted by molar-refractivity contribution is -0.152. The topological polar surface area (TPSA) is 133 Å². The molecule has 2 amide bonds. The van der Waals surface area contributed by atoms with Crippen LogP contribution in [0.4, 0.5) is 0 Å². The average Bonchev–Trinajstić information content (AvgIpc) is 3.17. The summed E-state index contributed by atoms with van der Waals surface area (Å²) in [5, 5.41) is 14.6. The maximum atomic E-state index is 12.6. The molecular weight excluding hydrogens is 415 g/mol. The zero-order valence-corrected chi connectivity index (χ0v) is 17.2. The van der Waals surface area contributed by atoms with Crippen molar-refractivity contribution in [3.63, 3.8) is 0 Å². The summed E-state index contributed by atoms with van der Waals surface area (Å²) in [4.78, 5) is 48.0. The van der Waals surface area contributed by atoms with E-state index in [1.54, 1.807) is 30.7 Å². The van der Waals surface area contributed by atoms with Crippen LogP contribution in [0.5, 0.6) is 0 Å². The normalized spacial score (nSPS) is 29.4. The number of nitrogens with one attached hydrogen (secondary N) is 1. The maximum absolute atomic E-state index is 12.6. The van der Waals surface area contributed by atoms with Gasteiger partial charge in [-0.05, 0) is 36.2 Å². The number of thioether (sulfide) groups is 1. The monoisotopic (exact) mass is 434 g/mol. The van der Waals surface area contributed by atoms with Crippen LogP contribution in [0.1, 0.15) is 25.3 Å². The highest BCUT2D eigenvalue weighted by atomic mass is 32.2. The second-order valence-electron chi connectivity index (χ2n) is 6.79. The number of fused-ring (bicyclic) bond motifs is 1. The standard InChI is InChI=1S/C15H19N2O7PS2/c1-15(2)14(25(22,23)24-3)17-11(19)9(12(17)27-15)16-10(18)8(13(20)21)7-4-5-26-6-7/h4-6,8-9,12,14H,1-3H3,(H,16,18)(H,20,21)(H,22,23)/t8?,9?,12-,14?/m1/s1. The molecule has 2 saturated heterocycles. The zero-order chi connectivity index (χ0) is 20.1. The number of carbonyl (C=O) groups excluding carboxylic acids is 2. The summed E-state index contributed by atoms with van der Waals surface area (Å²) in [5.74, 6) is -5.10. The Balaban J connectivity index is 1.79. The molecule has 0 radical (unpaired) electrons. The van der Waals surface area contributed by atoms with Crippen molar-refractivity contribution >= 4 is 48.5 Å². The van der Waals surface area contributed by atoms with Crippen molar-refractivity contribution < 1.29 is 33.5 Å². The van der Waals surface area contributed by atoms with Gasteiger partial charge in [-0.25, -0.2) is 0 Å². The van der Waals surface area contributed by atoms with E-state index >= 15 is 0 Å². The van der Waals surface area contributed by atoms with Crippen LogP contribution in [0.3, 0.4) is 0 Å². The van der Waals surface area contributed by atoms with Crippen LogP contribution in [0.2, 0.25) is 0 Å². The Kier molecular flexibility index (Phi) is 5.19. The Morgan fingerprint density at radius 2 is 2.11 bits per heavy atom. The van der Waals surface area contributed by atoms with Crippen LogP contribution in [0.25, 0.3) is 0 Å². The molecule has 4 unspecified atom stereocenters. The van der Waals surface area contributed by atoms with E-state index in [1.165, 1.54) is 28.0 Å². The summed E-state index contributed by atoms with van der Waals surface area (Å²) in [7, 11) is -2.97. The van der Waals surface area contributed by atoms with Gasteiger partial charge in [-0.2, -0.15) is 11.3 Å². The maximum Gasteiger partial charge on any atom is 0.351 e. The number of rotatable bonds is 6. The van der Waals surface area contributed by atoms with E-state index in [1.807, 2.05) is 0 Å². The Hall–Kier alpha value is -1.39. The average molecular weight is 434 g/mol. The van der Waals surface area contributed by atoms with E-state index in [-0.39, 0.29) is 0 Å². The van der Waals surface area contributed by atoms with Gasteiger partial charge in [-0.15, -0.1) is 11.8 Å². The van der Waals surface area contributed by atoms with E-state index in [9.17, 15) is 28.9 Å². The molecule has 12 heteroatoms. The van der Waals surface area contributed by atoms with Crippen molar-refractivity contribution in [3.05, 3.63) is 22.4 Å². The highest BCUT2D eigenvalue weighted by Gasteiger charge is 2.67. The van der Waals surface area contributed by atoms with Gasteiger partial charge in [-0.1, -0.05) is 0 Å². The molecule has 3 rings (SSSR count). The lowest BCUT2D eigenvalue weighted by atomic mass is 9.99. The minimum absolute atomic E-state index is 0.338. The molecule has 0 aromatic carbocycles. The quantitative estimate of drug-likeness (QED) is 0.346. The predicted molar refractivity (Wildman–Crippen MR) is 99.6 cm³/mol. The molecule has 3 N–H and O–H groups in total. The molecule has 5 atom stereocenters. The summed E-state index contributed by atoms with van der Waals surface area (Å²) in [5.41, 5.74) is 0.338. The second kappa shape index (κ2) is 6.89. The molecule has 2 aliphatic rings. The van der Waals surface area contributed by atoms with Gasteiger partial charge in [0.25, 0.3) is 0 Å². The van der Waals surface area contributed by atoms with E-state index in [0.717, 1.165) is 7.11 Å². The van der Waals surface area contributed by atoms with Crippen molar-refractivity contribution in [2.45, 2.75) is 41.7 Å². The molecule has 0 aliphatic carbocycles. The lowest BCUT2D eigenvalue weighted by Gasteiger charge is -2.45. The largest absolute Gasteiger partial charge is 0.480 e. The fourth-order valence-corrected chi connectivity index (χ4v) is 7.88. The molecular formula is C15H19N2O7PS2. The number of hydrogen-bond donors (Lipinski definition) is 3. The number of nitrogens with zero attached hydrogens (tertiary/aromatic N) is 1. The molecule has 0 bridgehead atoms. The molecule has 9 nitrogen and oxygen atoms in total. The van der Waals surface area contributed by atoms with Gasteiger partial charge in [0.1, 0.15) is 17.2 Å². The number of β-lactam (4-membered cyclic amide) rings is 1. The van der Waals surface area contributed by atoms with Crippen LogP contribution >= 0.6 is 30.7 Å². The number of thiophene rings is 1. The molecule has 1 aromatic heterocycles. The Morgan fingerprint density at radius 1 is 1.44 bits per heavy atom. The lowest BCUT2D eigenvalue weighted by Crippen LogP contribution is -2.69. The third-order valence-electron chi connectivity index (χ3n) is 4.64. The fraction of sp³-hybridized carbons (Fsp3) is 0.533. The first-order valence-corrected chi connectivity index (χ1v) is 11.4. The van der Waals surface area contributed by atoms with Gasteiger partial charge < -0.3 is 24.7 Å². The Labute approximate surface area is 163 Å². The number of carboxylic acid groups (broad SMARTS) is 1. The van der Waals surface area contributed by atoms with Crippen molar-refractivity contribution in [1.82, 2.24) is 10.2 Å². The molecule has 3 heterocycles. The van der Waals surface area contributed by atoms with Crippen LogP contribution in [-0.4, -0.2) is 61.7 Å². The third-order valence-corrected chi connectivity index (χ3v) is 9.13. The molecule has 2 aliphatic heterocycles. The van der Waals surface area contributed by atoms with Gasteiger partial charge in [-0.3, -0.25) is 18.9 Å². The third kappa shape index (κ3) is 3.31. The zero-order valence-electron chi connectivity index (χ0n) is 14.7. The number of amides is 2. The second-order valence-corrected chi connectivity index (χ2v) is 11.3. The SMILES string of the molecule is COP(=O)(O)C1N2C(=O)C(NC(=O)C(C(=O)O)c3ccsc3)[C@H]2SC1(C)C. The van der Waals surface area contributed by atoms with E-state index in [2.05, 4.69) is 5.32 Å². The number of hydrogen-bond acceptors (Lipinski definition) is 7. The molecule has 0 saturated carbocycles. The van der Waals surface area contributed by atoms with Crippen LogP contribution < -0.4 is 5.32 Å².